The van der Waals surface area contributed by atoms with Crippen LogP contribution in [0.4, 0.5) is 0 Å². The van der Waals surface area contributed by atoms with Gasteiger partial charge in [-0.3, -0.25) is 0 Å². The Morgan fingerprint density at radius 3 is 2.89 bits per heavy atom. The predicted octanol–water partition coefficient (Wildman–Crippen LogP) is 4.54. The van der Waals surface area contributed by atoms with Crippen molar-refractivity contribution in [1.29, 1.82) is 0 Å². The lowest BCUT2D eigenvalue weighted by Crippen LogP contribution is -1.92. The molecular weight excluding hydrogens is 268 g/mol. The van der Waals surface area contributed by atoms with E-state index in [2.05, 4.69) is 17.1 Å². The molecule has 0 aliphatic rings. The Kier molecular flexibility index (Phi) is 4.66. The molecule has 1 aromatic carbocycles. The fourth-order valence-corrected chi connectivity index (χ4v) is 2.57. The normalized spacial score (nSPS) is 12.6. The summed E-state index contributed by atoms with van der Waals surface area (Å²) in [4.78, 5) is 5.50. The fourth-order valence-electron chi connectivity index (χ4n) is 1.68. The van der Waals surface area contributed by atoms with Gasteiger partial charge in [0, 0.05) is 4.90 Å². The Morgan fingerprint density at radius 1 is 1.39 bits per heavy atom. The molecule has 0 aliphatic carbocycles. The van der Waals surface area contributed by atoms with Crippen LogP contribution in [0.2, 0.25) is 0 Å². The largest absolute Gasteiger partial charge is 0.334 e. The van der Waals surface area contributed by atoms with Crippen molar-refractivity contribution in [2.45, 2.75) is 30.0 Å². The molecule has 18 heavy (non-hydrogen) atoms. The maximum absolute atomic E-state index is 6.19. The van der Waals surface area contributed by atoms with Crippen molar-refractivity contribution in [3.63, 3.8) is 0 Å². The Labute approximate surface area is 116 Å². The lowest BCUT2D eigenvalue weighted by Gasteiger charge is -2.01. The van der Waals surface area contributed by atoms with Crippen LogP contribution in [0.1, 0.15) is 31.0 Å². The highest BCUT2D eigenvalue weighted by Crippen LogP contribution is 2.31. The Morgan fingerprint density at radius 2 is 2.17 bits per heavy atom. The monoisotopic (exact) mass is 282 g/mol. The first kappa shape index (κ1) is 13.4. The van der Waals surface area contributed by atoms with E-state index in [9.17, 15) is 0 Å². The number of thioether (sulfide) groups is 1. The molecule has 5 heteroatoms. The van der Waals surface area contributed by atoms with Crippen LogP contribution in [0, 0.1) is 0 Å². The van der Waals surface area contributed by atoms with Gasteiger partial charge in [-0.25, -0.2) is 0 Å². The number of nitrogens with zero attached hydrogens (tertiary/aromatic N) is 2. The minimum absolute atomic E-state index is 0.172. The van der Waals surface area contributed by atoms with E-state index in [0.717, 1.165) is 23.3 Å². The summed E-state index contributed by atoms with van der Waals surface area (Å²) in [5, 5.41) is 3.79. The highest BCUT2D eigenvalue weighted by molar-refractivity contribution is 7.98. The number of hydrogen-bond acceptors (Lipinski definition) is 4. The van der Waals surface area contributed by atoms with Crippen LogP contribution in [0.3, 0.4) is 0 Å². The summed E-state index contributed by atoms with van der Waals surface area (Å²) in [7, 11) is 0. The van der Waals surface area contributed by atoms with Crippen molar-refractivity contribution in [2.24, 2.45) is 0 Å². The van der Waals surface area contributed by atoms with Crippen LogP contribution in [0.25, 0.3) is 11.5 Å². The van der Waals surface area contributed by atoms with Gasteiger partial charge in [0.2, 0.25) is 0 Å². The number of aromatic nitrogens is 2. The Balaban J connectivity index is 2.29. The SMILES string of the molecule is CCCC(Cl)c1noc(-c2ccccc2SC)n1. The third-order valence-electron chi connectivity index (χ3n) is 2.60. The van der Waals surface area contributed by atoms with Gasteiger partial charge in [0.15, 0.2) is 5.82 Å². The second-order valence-corrected chi connectivity index (χ2v) is 5.29. The summed E-state index contributed by atoms with van der Waals surface area (Å²) in [6.07, 6.45) is 3.88. The molecular formula is C13H15ClN2OS. The van der Waals surface area contributed by atoms with Gasteiger partial charge in [-0.15, -0.1) is 23.4 Å². The lowest BCUT2D eigenvalue weighted by atomic mass is 10.2. The molecule has 96 valence electrons. The number of alkyl halides is 1. The van der Waals surface area contributed by atoms with E-state index in [1.165, 1.54) is 0 Å². The van der Waals surface area contributed by atoms with Gasteiger partial charge in [-0.05, 0) is 24.8 Å². The molecule has 0 amide bonds. The third-order valence-corrected chi connectivity index (χ3v) is 3.81. The first-order chi connectivity index (χ1) is 8.76. The lowest BCUT2D eigenvalue weighted by molar-refractivity contribution is 0.420. The van der Waals surface area contributed by atoms with Gasteiger partial charge in [0.1, 0.15) is 0 Å². The molecule has 2 aromatic rings. The van der Waals surface area contributed by atoms with Crippen LogP contribution in [0.15, 0.2) is 33.7 Å². The van der Waals surface area contributed by atoms with Crippen molar-refractivity contribution in [1.82, 2.24) is 10.1 Å². The van der Waals surface area contributed by atoms with Crippen LogP contribution < -0.4 is 0 Å². The summed E-state index contributed by atoms with van der Waals surface area (Å²) >= 11 is 7.85. The molecule has 1 atom stereocenters. The minimum Gasteiger partial charge on any atom is -0.334 e. The zero-order chi connectivity index (χ0) is 13.0. The van der Waals surface area contributed by atoms with Gasteiger partial charge in [0.05, 0.1) is 10.9 Å². The summed E-state index contributed by atoms with van der Waals surface area (Å²) in [6.45, 7) is 2.08. The zero-order valence-electron chi connectivity index (χ0n) is 10.4. The van der Waals surface area contributed by atoms with E-state index >= 15 is 0 Å². The molecule has 2 rings (SSSR count). The number of halogens is 1. The average molecular weight is 283 g/mol. The Bertz CT molecular complexity index is 515. The zero-order valence-corrected chi connectivity index (χ0v) is 12.0. The second-order valence-electron chi connectivity index (χ2n) is 3.91. The molecule has 0 aliphatic heterocycles. The van der Waals surface area contributed by atoms with Crippen molar-refractivity contribution in [2.75, 3.05) is 6.26 Å². The number of benzene rings is 1. The molecule has 0 fully saturated rings. The highest BCUT2D eigenvalue weighted by atomic mass is 35.5. The van der Waals surface area contributed by atoms with E-state index in [4.69, 9.17) is 16.1 Å². The van der Waals surface area contributed by atoms with Gasteiger partial charge >= 0.3 is 0 Å². The number of rotatable bonds is 5. The predicted molar refractivity (Wildman–Crippen MR) is 75.0 cm³/mol. The molecule has 0 saturated heterocycles. The van der Waals surface area contributed by atoms with Crippen molar-refractivity contribution < 1.29 is 4.52 Å². The molecule has 0 N–H and O–H groups in total. The molecule has 1 unspecified atom stereocenters. The van der Waals surface area contributed by atoms with E-state index in [1.807, 2.05) is 30.5 Å². The maximum atomic E-state index is 6.19. The first-order valence-corrected chi connectivity index (χ1v) is 7.53. The first-order valence-electron chi connectivity index (χ1n) is 5.87. The minimum atomic E-state index is -0.172. The van der Waals surface area contributed by atoms with E-state index in [-0.39, 0.29) is 5.38 Å². The fraction of sp³-hybridized carbons (Fsp3) is 0.385. The van der Waals surface area contributed by atoms with Gasteiger partial charge in [-0.1, -0.05) is 30.6 Å². The van der Waals surface area contributed by atoms with Gasteiger partial charge in [-0.2, -0.15) is 4.98 Å². The summed E-state index contributed by atoms with van der Waals surface area (Å²) < 4.78 is 5.30. The smallest absolute Gasteiger partial charge is 0.259 e. The van der Waals surface area contributed by atoms with E-state index in [0.29, 0.717) is 11.7 Å². The summed E-state index contributed by atoms with van der Waals surface area (Å²) in [6, 6.07) is 7.97. The van der Waals surface area contributed by atoms with Gasteiger partial charge in [0.25, 0.3) is 5.89 Å². The molecule has 0 spiro atoms. The van der Waals surface area contributed by atoms with Crippen LogP contribution in [0.5, 0.6) is 0 Å². The molecule has 0 saturated carbocycles. The topological polar surface area (TPSA) is 38.9 Å². The van der Waals surface area contributed by atoms with Crippen molar-refractivity contribution in [3.05, 3.63) is 30.1 Å². The van der Waals surface area contributed by atoms with Crippen molar-refractivity contribution in [3.8, 4) is 11.5 Å². The number of hydrogen-bond donors (Lipinski definition) is 0. The Hall–Kier alpha value is -1.00. The molecule has 3 nitrogen and oxygen atoms in total. The summed E-state index contributed by atoms with van der Waals surface area (Å²) in [5.74, 6) is 1.11. The standard InChI is InChI=1S/C13H15ClN2OS/c1-3-6-10(14)12-15-13(17-16-12)9-7-4-5-8-11(9)18-2/h4-5,7-8,10H,3,6H2,1-2H3. The van der Waals surface area contributed by atoms with Gasteiger partial charge < -0.3 is 4.52 Å². The van der Waals surface area contributed by atoms with Crippen LogP contribution in [-0.2, 0) is 0 Å². The third kappa shape index (κ3) is 2.87. The summed E-state index contributed by atoms with van der Waals surface area (Å²) in [5.41, 5.74) is 0.962. The van der Waals surface area contributed by atoms with Crippen LogP contribution >= 0.6 is 23.4 Å². The maximum Gasteiger partial charge on any atom is 0.259 e. The van der Waals surface area contributed by atoms with E-state index in [1.54, 1.807) is 11.8 Å². The second kappa shape index (κ2) is 6.25. The average Bonchev–Trinajstić information content (AvgIpc) is 2.88. The molecule has 1 heterocycles. The van der Waals surface area contributed by atoms with Crippen LogP contribution in [-0.4, -0.2) is 16.4 Å². The molecule has 0 bridgehead atoms. The highest BCUT2D eigenvalue weighted by Gasteiger charge is 2.17. The van der Waals surface area contributed by atoms with Crippen molar-refractivity contribution >= 4 is 23.4 Å². The van der Waals surface area contributed by atoms with E-state index < -0.39 is 0 Å². The quantitative estimate of drug-likeness (QED) is 0.596. The molecule has 0 radical (unpaired) electrons. The molecule has 1 aromatic heterocycles.